The maximum atomic E-state index is 13.4. The van der Waals surface area contributed by atoms with Gasteiger partial charge in [-0.05, 0) is 67.6 Å². The molecule has 2 N–H and O–H groups in total. The monoisotopic (exact) mass is 438 g/mol. The Morgan fingerprint density at radius 1 is 1.03 bits per heavy atom. The zero-order valence-corrected chi connectivity index (χ0v) is 18.4. The third kappa shape index (κ3) is 4.95. The fourth-order valence-corrected chi connectivity index (χ4v) is 4.35. The molecule has 0 aromatic heterocycles. The molecule has 7 heteroatoms. The molecule has 0 saturated carbocycles. The van der Waals surface area contributed by atoms with Crippen LogP contribution in [0.25, 0.3) is 0 Å². The molecule has 2 aromatic rings. The molecule has 2 aliphatic heterocycles. The Kier molecular flexibility index (Phi) is 7.07. The molecular weight excluding hydrogens is 408 g/mol. The van der Waals surface area contributed by atoms with Crippen LogP contribution in [0.2, 0.25) is 0 Å². The molecule has 2 saturated heterocycles. The zero-order valence-electron chi connectivity index (χ0n) is 18.4. The van der Waals surface area contributed by atoms with E-state index in [1.165, 1.54) is 0 Å². The minimum Gasteiger partial charge on any atom is -0.497 e. The van der Waals surface area contributed by atoms with E-state index in [2.05, 4.69) is 10.6 Å². The maximum Gasteiger partial charge on any atom is 0.251 e. The van der Waals surface area contributed by atoms with Gasteiger partial charge in [-0.1, -0.05) is 12.1 Å². The van der Waals surface area contributed by atoms with E-state index in [-0.39, 0.29) is 17.9 Å². The molecule has 32 heavy (non-hydrogen) atoms. The van der Waals surface area contributed by atoms with Gasteiger partial charge in [-0.25, -0.2) is 0 Å². The van der Waals surface area contributed by atoms with Gasteiger partial charge in [-0.15, -0.1) is 0 Å². The van der Waals surface area contributed by atoms with E-state index in [1.807, 2.05) is 24.3 Å². The van der Waals surface area contributed by atoms with Crippen molar-refractivity contribution in [2.45, 2.75) is 37.2 Å². The largest absolute Gasteiger partial charge is 0.497 e. The van der Waals surface area contributed by atoms with Crippen LogP contribution in [-0.2, 0) is 19.7 Å². The predicted octanol–water partition coefficient (Wildman–Crippen LogP) is 3.29. The Hall–Kier alpha value is -2.90. The van der Waals surface area contributed by atoms with Gasteiger partial charge in [0, 0.05) is 37.6 Å². The molecule has 2 amide bonds. The molecule has 0 radical (unpaired) electrons. The van der Waals surface area contributed by atoms with Crippen LogP contribution in [0.4, 0.5) is 5.69 Å². The molecule has 170 valence electrons. The van der Waals surface area contributed by atoms with E-state index in [9.17, 15) is 9.59 Å². The number of carbonyl (C=O) groups excluding carboxylic acids is 2. The SMILES string of the molecule is COc1ccc(C2(C(=O)Nc3ccc(C(=O)NCC4CCCO4)cc3)CCOCC2)cc1. The van der Waals surface area contributed by atoms with Gasteiger partial charge in [-0.2, -0.15) is 0 Å². The van der Waals surface area contributed by atoms with E-state index < -0.39 is 5.41 Å². The van der Waals surface area contributed by atoms with E-state index in [0.717, 1.165) is 30.8 Å². The first-order chi connectivity index (χ1) is 15.6. The minimum absolute atomic E-state index is 0.0680. The van der Waals surface area contributed by atoms with Crippen LogP contribution >= 0.6 is 0 Å². The summed E-state index contributed by atoms with van der Waals surface area (Å²) in [4.78, 5) is 25.8. The molecule has 1 unspecified atom stereocenters. The summed E-state index contributed by atoms with van der Waals surface area (Å²) in [5, 5.41) is 5.96. The van der Waals surface area contributed by atoms with Gasteiger partial charge in [0.1, 0.15) is 5.75 Å². The van der Waals surface area contributed by atoms with Crippen molar-refractivity contribution in [2.75, 3.05) is 38.8 Å². The Balaban J connectivity index is 1.43. The summed E-state index contributed by atoms with van der Waals surface area (Å²) in [7, 11) is 1.62. The van der Waals surface area contributed by atoms with Crippen molar-refractivity contribution >= 4 is 17.5 Å². The number of amides is 2. The molecule has 2 aromatic carbocycles. The second-order valence-corrected chi connectivity index (χ2v) is 8.30. The van der Waals surface area contributed by atoms with Crippen LogP contribution in [0, 0.1) is 0 Å². The fourth-order valence-electron chi connectivity index (χ4n) is 4.35. The van der Waals surface area contributed by atoms with Crippen LogP contribution in [0.15, 0.2) is 48.5 Å². The first-order valence-electron chi connectivity index (χ1n) is 11.1. The third-order valence-electron chi connectivity index (χ3n) is 6.34. The van der Waals surface area contributed by atoms with Crippen LogP contribution < -0.4 is 15.4 Å². The number of hydrogen-bond acceptors (Lipinski definition) is 5. The lowest BCUT2D eigenvalue weighted by Crippen LogP contribution is -2.44. The molecule has 2 aliphatic rings. The third-order valence-corrected chi connectivity index (χ3v) is 6.34. The van der Waals surface area contributed by atoms with E-state index in [0.29, 0.717) is 43.9 Å². The number of carbonyl (C=O) groups is 2. The van der Waals surface area contributed by atoms with E-state index in [4.69, 9.17) is 14.2 Å². The average molecular weight is 439 g/mol. The number of benzene rings is 2. The highest BCUT2D eigenvalue weighted by Gasteiger charge is 2.41. The lowest BCUT2D eigenvalue weighted by Gasteiger charge is -2.36. The van der Waals surface area contributed by atoms with Gasteiger partial charge in [0.2, 0.25) is 5.91 Å². The van der Waals surface area contributed by atoms with Crippen molar-refractivity contribution in [1.29, 1.82) is 0 Å². The molecule has 7 nitrogen and oxygen atoms in total. The number of rotatable bonds is 7. The van der Waals surface area contributed by atoms with Crippen LogP contribution in [0.1, 0.15) is 41.6 Å². The van der Waals surface area contributed by atoms with Gasteiger partial charge in [0.05, 0.1) is 18.6 Å². The van der Waals surface area contributed by atoms with E-state index in [1.54, 1.807) is 31.4 Å². The maximum absolute atomic E-state index is 13.4. The van der Waals surface area contributed by atoms with Crippen molar-refractivity contribution in [3.63, 3.8) is 0 Å². The summed E-state index contributed by atoms with van der Waals surface area (Å²) in [6, 6.07) is 14.6. The lowest BCUT2D eigenvalue weighted by molar-refractivity contribution is -0.125. The second-order valence-electron chi connectivity index (χ2n) is 8.30. The number of hydrogen-bond donors (Lipinski definition) is 2. The molecule has 0 aliphatic carbocycles. The Morgan fingerprint density at radius 2 is 1.75 bits per heavy atom. The highest BCUT2D eigenvalue weighted by Crippen LogP contribution is 2.37. The molecule has 0 bridgehead atoms. The summed E-state index contributed by atoms with van der Waals surface area (Å²) >= 11 is 0. The summed E-state index contributed by atoms with van der Waals surface area (Å²) in [6.07, 6.45) is 3.33. The number of anilines is 1. The van der Waals surface area contributed by atoms with Gasteiger partial charge >= 0.3 is 0 Å². The molecule has 0 spiro atoms. The second kappa shape index (κ2) is 10.1. The first-order valence-corrected chi connectivity index (χ1v) is 11.1. The van der Waals surface area contributed by atoms with Crippen molar-refractivity contribution in [1.82, 2.24) is 5.32 Å². The van der Waals surface area contributed by atoms with Gasteiger partial charge in [-0.3, -0.25) is 9.59 Å². The Morgan fingerprint density at radius 3 is 2.38 bits per heavy atom. The van der Waals surface area contributed by atoms with Crippen molar-refractivity contribution in [2.24, 2.45) is 0 Å². The van der Waals surface area contributed by atoms with E-state index >= 15 is 0 Å². The fraction of sp³-hybridized carbons (Fsp3) is 0.440. The van der Waals surface area contributed by atoms with Gasteiger partial charge in [0.15, 0.2) is 0 Å². The Bertz CT molecular complexity index is 914. The lowest BCUT2D eigenvalue weighted by atomic mass is 9.73. The average Bonchev–Trinajstić information content (AvgIpc) is 3.37. The van der Waals surface area contributed by atoms with Gasteiger partial charge in [0.25, 0.3) is 5.91 Å². The van der Waals surface area contributed by atoms with Gasteiger partial charge < -0.3 is 24.8 Å². The zero-order chi connectivity index (χ0) is 22.4. The number of ether oxygens (including phenoxy) is 3. The summed E-state index contributed by atoms with van der Waals surface area (Å²) in [5.74, 6) is 0.545. The van der Waals surface area contributed by atoms with Crippen LogP contribution in [0.3, 0.4) is 0 Å². The Labute approximate surface area is 188 Å². The van der Waals surface area contributed by atoms with Crippen molar-refractivity contribution < 1.29 is 23.8 Å². The molecule has 1 atom stereocenters. The first kappa shape index (κ1) is 22.3. The molecule has 2 heterocycles. The van der Waals surface area contributed by atoms with Crippen molar-refractivity contribution in [3.8, 4) is 5.75 Å². The topological polar surface area (TPSA) is 85.9 Å². The summed E-state index contributed by atoms with van der Waals surface area (Å²) in [5.41, 5.74) is 1.49. The summed E-state index contributed by atoms with van der Waals surface area (Å²) < 4.78 is 16.3. The number of nitrogens with one attached hydrogen (secondary N) is 2. The quantitative estimate of drug-likeness (QED) is 0.693. The predicted molar refractivity (Wildman–Crippen MR) is 121 cm³/mol. The standard InChI is InChI=1S/C25H30N2O5/c1-30-21-10-6-19(7-11-21)25(12-15-31-16-13-25)24(29)27-20-8-4-18(5-9-20)23(28)26-17-22-3-2-14-32-22/h4-11,22H,2-3,12-17H2,1H3,(H,26,28)(H,27,29). The molecule has 4 rings (SSSR count). The molecular formula is C25H30N2O5. The highest BCUT2D eigenvalue weighted by atomic mass is 16.5. The summed E-state index contributed by atoms with van der Waals surface area (Å²) in [6.45, 7) is 2.34. The van der Waals surface area contributed by atoms with Crippen LogP contribution in [0.5, 0.6) is 5.75 Å². The minimum atomic E-state index is -0.665. The number of methoxy groups -OCH3 is 1. The normalized spacial score (nSPS) is 19.8. The highest BCUT2D eigenvalue weighted by molar-refractivity contribution is 6.00. The van der Waals surface area contributed by atoms with Crippen LogP contribution in [-0.4, -0.2) is 51.4 Å². The molecule has 2 fully saturated rings. The smallest absolute Gasteiger partial charge is 0.251 e. The van der Waals surface area contributed by atoms with Crippen molar-refractivity contribution in [3.05, 3.63) is 59.7 Å².